The molecule has 5 fully saturated rings. The lowest BCUT2D eigenvalue weighted by molar-refractivity contribution is -0.233. The van der Waals surface area contributed by atoms with Gasteiger partial charge in [0.1, 0.15) is 5.78 Å². The van der Waals surface area contributed by atoms with E-state index in [2.05, 4.69) is 38.2 Å². The molecule has 0 aromatic rings. The third-order valence-electron chi connectivity index (χ3n) is 11.0. The fourth-order valence-electron chi connectivity index (χ4n) is 9.00. The molecule has 5 rings (SSSR count). The Morgan fingerprint density at radius 2 is 1.70 bits per heavy atom. The average Bonchev–Trinajstić information content (AvgIpc) is 3.04. The minimum atomic E-state index is -0.550. The van der Waals surface area contributed by atoms with Gasteiger partial charge in [-0.3, -0.25) is 4.79 Å². The first-order valence-corrected chi connectivity index (χ1v) is 12.9. The summed E-state index contributed by atoms with van der Waals surface area (Å²) in [5, 5.41) is 15.7. The molecule has 0 aromatic carbocycles. The fraction of sp³-hybridized carbons (Fsp3) is 0.889. The minimum Gasteiger partial charge on any atom is -0.389 e. The quantitative estimate of drug-likeness (QED) is 0.617. The number of hydrogen-bond acceptors (Lipinski definition) is 3. The maximum Gasteiger partial charge on any atom is 0.139 e. The Bertz CT molecular complexity index is 712. The number of ketones is 1. The van der Waals surface area contributed by atoms with E-state index >= 15 is 0 Å². The average molecular weight is 414 g/mol. The van der Waals surface area contributed by atoms with Gasteiger partial charge in [-0.05, 0) is 112 Å². The molecule has 2 N–H and O–H groups in total. The molecule has 1 saturated heterocycles. The van der Waals surface area contributed by atoms with Crippen molar-refractivity contribution in [3.05, 3.63) is 12.2 Å². The Kier molecular flexibility index (Phi) is 5.26. The number of rotatable bonds is 2. The second kappa shape index (κ2) is 7.44. The first-order valence-electron chi connectivity index (χ1n) is 12.9. The monoisotopic (exact) mass is 413 g/mol. The maximum atomic E-state index is 12.7. The van der Waals surface area contributed by atoms with E-state index in [1.165, 1.54) is 19.3 Å². The van der Waals surface area contributed by atoms with Crippen molar-refractivity contribution < 1.29 is 9.90 Å². The normalized spacial score (nSPS) is 52.1. The molecule has 0 radical (unpaired) electrons. The van der Waals surface area contributed by atoms with E-state index in [0.29, 0.717) is 35.4 Å². The lowest BCUT2D eigenvalue weighted by Gasteiger charge is -2.65. The highest BCUT2D eigenvalue weighted by Gasteiger charge is 2.66. The SMILES string of the molecule is C[C@H]1C[C@H]2[C@@H]3CCC(=O)[C@@]3(C)CC[C@@H]2[C@@]2(C)CC[C@@H](/C=C\C3CCNCC3)C[C@]12O. The van der Waals surface area contributed by atoms with Crippen LogP contribution in [-0.4, -0.2) is 29.6 Å². The number of nitrogens with one attached hydrogen (secondary N) is 1. The van der Waals surface area contributed by atoms with Crippen molar-refractivity contribution in [2.75, 3.05) is 13.1 Å². The summed E-state index contributed by atoms with van der Waals surface area (Å²) in [6.45, 7) is 9.29. The lowest BCUT2D eigenvalue weighted by Crippen LogP contribution is -2.65. The van der Waals surface area contributed by atoms with Crippen LogP contribution in [0.3, 0.4) is 0 Å². The van der Waals surface area contributed by atoms with Gasteiger partial charge in [-0.1, -0.05) is 32.9 Å². The van der Waals surface area contributed by atoms with E-state index in [1.54, 1.807) is 0 Å². The summed E-state index contributed by atoms with van der Waals surface area (Å²) in [7, 11) is 0. The summed E-state index contributed by atoms with van der Waals surface area (Å²) in [6.07, 6.45) is 16.0. The summed E-state index contributed by atoms with van der Waals surface area (Å²) in [6, 6.07) is 0. The molecule has 30 heavy (non-hydrogen) atoms. The van der Waals surface area contributed by atoms with Crippen LogP contribution in [0.4, 0.5) is 0 Å². The van der Waals surface area contributed by atoms with E-state index in [0.717, 1.165) is 64.0 Å². The number of Topliss-reactive ketones (excluding diaryl/α,β-unsaturated/α-hetero) is 1. The zero-order valence-corrected chi connectivity index (χ0v) is 19.5. The smallest absolute Gasteiger partial charge is 0.139 e. The topological polar surface area (TPSA) is 49.3 Å². The Balaban J connectivity index is 1.36. The van der Waals surface area contributed by atoms with Gasteiger partial charge >= 0.3 is 0 Å². The number of piperidine rings is 1. The van der Waals surface area contributed by atoms with Gasteiger partial charge in [0.05, 0.1) is 5.60 Å². The largest absolute Gasteiger partial charge is 0.389 e. The number of allylic oxidation sites excluding steroid dienone is 2. The predicted octanol–water partition coefficient (Wildman–Crippen LogP) is 5.13. The van der Waals surface area contributed by atoms with Gasteiger partial charge in [0, 0.05) is 11.8 Å². The van der Waals surface area contributed by atoms with E-state index in [-0.39, 0.29) is 10.8 Å². The first-order chi connectivity index (χ1) is 14.3. The fourth-order valence-corrected chi connectivity index (χ4v) is 9.00. The van der Waals surface area contributed by atoms with Crippen LogP contribution in [0.5, 0.6) is 0 Å². The van der Waals surface area contributed by atoms with E-state index in [4.69, 9.17) is 0 Å². The van der Waals surface area contributed by atoms with Crippen LogP contribution in [0.25, 0.3) is 0 Å². The number of fused-ring (bicyclic) bond motifs is 5. The van der Waals surface area contributed by atoms with Crippen molar-refractivity contribution in [2.24, 2.45) is 46.3 Å². The summed E-state index contributed by atoms with van der Waals surface area (Å²) in [5.74, 6) is 3.89. The van der Waals surface area contributed by atoms with Crippen molar-refractivity contribution in [1.29, 1.82) is 0 Å². The second-order valence-corrected chi connectivity index (χ2v) is 12.2. The molecule has 0 unspecified atom stereocenters. The Hall–Kier alpha value is -0.670. The van der Waals surface area contributed by atoms with Gasteiger partial charge in [-0.2, -0.15) is 0 Å². The summed E-state index contributed by atoms with van der Waals surface area (Å²) >= 11 is 0. The number of aliphatic hydroxyl groups is 1. The molecule has 8 atom stereocenters. The van der Waals surface area contributed by atoms with Crippen molar-refractivity contribution in [3.63, 3.8) is 0 Å². The molecule has 1 aliphatic heterocycles. The maximum absolute atomic E-state index is 12.7. The standard InChI is InChI=1S/C27H43NO2/c1-18-16-21-22-6-7-24(29)25(22,2)12-9-23(21)26(3)13-8-20(17-27(18,26)30)5-4-19-10-14-28-15-11-19/h4-5,18-23,28,30H,6-17H2,1-3H3/b5-4-/t18-,20+,21-,22-,23-,25-,26+,27-/m0/s1. The van der Waals surface area contributed by atoms with Crippen LogP contribution in [0, 0.1) is 46.3 Å². The minimum absolute atomic E-state index is 0.0153. The van der Waals surface area contributed by atoms with Gasteiger partial charge in [0.25, 0.3) is 0 Å². The molecule has 1 heterocycles. The molecule has 0 bridgehead atoms. The number of carbonyl (C=O) groups is 1. The van der Waals surface area contributed by atoms with E-state index in [1.807, 2.05) is 0 Å². The van der Waals surface area contributed by atoms with Crippen LogP contribution in [0.2, 0.25) is 0 Å². The second-order valence-electron chi connectivity index (χ2n) is 12.2. The molecule has 0 aromatic heterocycles. The summed E-state index contributed by atoms with van der Waals surface area (Å²) < 4.78 is 0. The van der Waals surface area contributed by atoms with Gasteiger partial charge in [0.15, 0.2) is 0 Å². The molecule has 3 heteroatoms. The van der Waals surface area contributed by atoms with Crippen LogP contribution < -0.4 is 5.32 Å². The molecular weight excluding hydrogens is 370 g/mol. The highest BCUT2D eigenvalue weighted by Crippen LogP contribution is 2.68. The Labute approximate surface area is 183 Å². The highest BCUT2D eigenvalue weighted by atomic mass is 16.3. The molecule has 4 saturated carbocycles. The summed E-state index contributed by atoms with van der Waals surface area (Å²) in [5.41, 5.74) is -0.602. The Morgan fingerprint density at radius 1 is 0.967 bits per heavy atom. The lowest BCUT2D eigenvalue weighted by atomic mass is 9.41. The number of hydrogen-bond donors (Lipinski definition) is 2. The third kappa shape index (κ3) is 3.01. The van der Waals surface area contributed by atoms with Crippen LogP contribution in [0.1, 0.15) is 85.0 Å². The zero-order valence-electron chi connectivity index (χ0n) is 19.5. The van der Waals surface area contributed by atoms with Gasteiger partial charge < -0.3 is 10.4 Å². The van der Waals surface area contributed by atoms with Gasteiger partial charge in [-0.15, -0.1) is 0 Å². The molecule has 3 nitrogen and oxygen atoms in total. The van der Waals surface area contributed by atoms with E-state index < -0.39 is 5.60 Å². The summed E-state index contributed by atoms with van der Waals surface area (Å²) in [4.78, 5) is 12.7. The molecule has 168 valence electrons. The van der Waals surface area contributed by atoms with Crippen LogP contribution in [-0.2, 0) is 4.79 Å². The molecule has 5 aliphatic rings. The first kappa shape index (κ1) is 21.2. The van der Waals surface area contributed by atoms with Crippen molar-refractivity contribution >= 4 is 5.78 Å². The van der Waals surface area contributed by atoms with Crippen molar-refractivity contribution in [1.82, 2.24) is 5.32 Å². The van der Waals surface area contributed by atoms with Crippen LogP contribution >= 0.6 is 0 Å². The zero-order chi connectivity index (χ0) is 21.1. The van der Waals surface area contributed by atoms with Crippen molar-refractivity contribution in [3.8, 4) is 0 Å². The predicted molar refractivity (Wildman–Crippen MR) is 121 cm³/mol. The van der Waals surface area contributed by atoms with Gasteiger partial charge in [0.2, 0.25) is 0 Å². The molecular formula is C27H43NO2. The van der Waals surface area contributed by atoms with Crippen molar-refractivity contribution in [2.45, 2.75) is 90.6 Å². The Morgan fingerprint density at radius 3 is 2.47 bits per heavy atom. The molecule has 0 spiro atoms. The third-order valence-corrected chi connectivity index (χ3v) is 11.0. The number of carbonyl (C=O) groups excluding carboxylic acids is 1. The molecule has 0 amide bonds. The van der Waals surface area contributed by atoms with Crippen LogP contribution in [0.15, 0.2) is 12.2 Å². The highest BCUT2D eigenvalue weighted by molar-refractivity contribution is 5.87. The van der Waals surface area contributed by atoms with E-state index in [9.17, 15) is 9.90 Å². The van der Waals surface area contributed by atoms with Gasteiger partial charge in [-0.25, -0.2) is 0 Å². The molecule has 4 aliphatic carbocycles.